The molecule has 0 aliphatic rings. The Morgan fingerprint density at radius 2 is 2.19 bits per heavy atom. The molecule has 1 amide bonds. The van der Waals surface area contributed by atoms with Gasteiger partial charge in [-0.25, -0.2) is 4.39 Å². The van der Waals surface area contributed by atoms with E-state index in [1.165, 1.54) is 30.2 Å². The lowest BCUT2D eigenvalue weighted by Crippen LogP contribution is -2.36. The molecule has 0 saturated heterocycles. The first kappa shape index (κ1) is 16.9. The van der Waals surface area contributed by atoms with Crippen LogP contribution in [0.5, 0.6) is 0 Å². The van der Waals surface area contributed by atoms with Crippen molar-refractivity contribution in [1.29, 1.82) is 0 Å². The number of halogens is 1. The second-order valence-corrected chi connectivity index (χ2v) is 4.59. The maximum absolute atomic E-state index is 13.3. The molecule has 0 spiro atoms. The molecule has 0 radical (unpaired) electrons. The van der Waals surface area contributed by atoms with E-state index in [-0.39, 0.29) is 30.5 Å². The molecule has 0 atom stereocenters. The van der Waals surface area contributed by atoms with Gasteiger partial charge in [0.25, 0.3) is 5.91 Å². The number of carbonyl (C=O) groups excluding carboxylic acids is 1. The number of ether oxygens (including phenoxy) is 1. The summed E-state index contributed by atoms with van der Waals surface area (Å²) in [6, 6.07) is 4.20. The van der Waals surface area contributed by atoms with E-state index in [4.69, 9.17) is 15.7 Å². The molecule has 0 aliphatic heterocycles. The quantitative estimate of drug-likeness (QED) is 0.344. The standard InChI is InChI=1S/C14H20FN3O3/c1-10-9-11(3-4-12(10)15)14(19)18(7-8-21-2)6-5-13(16)17-20/h3-4,9,20H,5-8H2,1-2H3,(H2,16,17). The highest BCUT2D eigenvalue weighted by molar-refractivity contribution is 5.94. The van der Waals surface area contributed by atoms with E-state index in [1.54, 1.807) is 6.92 Å². The number of methoxy groups -OCH3 is 1. The summed E-state index contributed by atoms with van der Waals surface area (Å²) in [4.78, 5) is 13.9. The molecule has 21 heavy (non-hydrogen) atoms. The lowest BCUT2D eigenvalue weighted by Gasteiger charge is -2.22. The number of rotatable bonds is 7. The predicted octanol–water partition coefficient (Wildman–Crippen LogP) is 1.36. The Morgan fingerprint density at radius 3 is 2.76 bits per heavy atom. The number of benzene rings is 1. The molecule has 1 aromatic rings. The van der Waals surface area contributed by atoms with Gasteiger partial charge in [-0.3, -0.25) is 4.79 Å². The smallest absolute Gasteiger partial charge is 0.253 e. The topological polar surface area (TPSA) is 88.2 Å². The largest absolute Gasteiger partial charge is 0.409 e. The van der Waals surface area contributed by atoms with Crippen LogP contribution in [-0.4, -0.2) is 48.7 Å². The zero-order valence-electron chi connectivity index (χ0n) is 12.2. The van der Waals surface area contributed by atoms with Gasteiger partial charge < -0.3 is 20.6 Å². The minimum absolute atomic E-state index is 0.0421. The lowest BCUT2D eigenvalue weighted by atomic mass is 10.1. The first-order valence-electron chi connectivity index (χ1n) is 6.50. The molecule has 1 rings (SSSR count). The van der Waals surface area contributed by atoms with Crippen LogP contribution in [0.3, 0.4) is 0 Å². The van der Waals surface area contributed by atoms with Crippen molar-refractivity contribution in [3.63, 3.8) is 0 Å². The number of aryl methyl sites for hydroxylation is 1. The molecule has 0 heterocycles. The maximum Gasteiger partial charge on any atom is 0.253 e. The van der Waals surface area contributed by atoms with Crippen LogP contribution in [0.1, 0.15) is 22.3 Å². The Morgan fingerprint density at radius 1 is 1.48 bits per heavy atom. The fourth-order valence-electron chi connectivity index (χ4n) is 1.78. The van der Waals surface area contributed by atoms with Crippen molar-refractivity contribution in [3.8, 4) is 0 Å². The van der Waals surface area contributed by atoms with Gasteiger partial charge in [-0.15, -0.1) is 0 Å². The van der Waals surface area contributed by atoms with Gasteiger partial charge in [-0.05, 0) is 30.7 Å². The van der Waals surface area contributed by atoms with E-state index < -0.39 is 0 Å². The van der Waals surface area contributed by atoms with Crippen LogP contribution in [-0.2, 0) is 4.74 Å². The highest BCUT2D eigenvalue weighted by Gasteiger charge is 2.16. The van der Waals surface area contributed by atoms with Crippen LogP contribution in [0.25, 0.3) is 0 Å². The van der Waals surface area contributed by atoms with Gasteiger partial charge >= 0.3 is 0 Å². The van der Waals surface area contributed by atoms with Crippen molar-refractivity contribution >= 4 is 11.7 Å². The third kappa shape index (κ3) is 5.03. The maximum atomic E-state index is 13.3. The fraction of sp³-hybridized carbons (Fsp3) is 0.429. The van der Waals surface area contributed by atoms with E-state index >= 15 is 0 Å². The van der Waals surface area contributed by atoms with E-state index in [0.717, 1.165) is 0 Å². The van der Waals surface area contributed by atoms with E-state index in [2.05, 4.69) is 5.16 Å². The molecule has 1 aromatic carbocycles. The average Bonchev–Trinajstić information content (AvgIpc) is 2.49. The number of nitrogens with two attached hydrogens (primary N) is 1. The third-order valence-corrected chi connectivity index (χ3v) is 3.02. The number of amides is 1. The average molecular weight is 297 g/mol. The zero-order chi connectivity index (χ0) is 15.8. The number of hydrogen-bond donors (Lipinski definition) is 2. The molecule has 0 saturated carbocycles. The van der Waals surface area contributed by atoms with Crippen molar-refractivity contribution in [2.24, 2.45) is 10.9 Å². The van der Waals surface area contributed by atoms with Gasteiger partial charge in [0.2, 0.25) is 0 Å². The number of nitrogens with zero attached hydrogens (tertiary/aromatic N) is 2. The summed E-state index contributed by atoms with van der Waals surface area (Å²) < 4.78 is 18.2. The summed E-state index contributed by atoms with van der Waals surface area (Å²) in [5.41, 5.74) is 6.21. The molecule has 0 bridgehead atoms. The second-order valence-electron chi connectivity index (χ2n) is 4.59. The van der Waals surface area contributed by atoms with Crippen LogP contribution >= 0.6 is 0 Å². The molecule has 0 aliphatic carbocycles. The van der Waals surface area contributed by atoms with E-state index in [0.29, 0.717) is 24.3 Å². The predicted molar refractivity (Wildman–Crippen MR) is 76.9 cm³/mol. The molecule has 0 fully saturated rings. The molecule has 0 unspecified atom stereocenters. The minimum Gasteiger partial charge on any atom is -0.409 e. The van der Waals surface area contributed by atoms with Crippen molar-refractivity contribution in [1.82, 2.24) is 4.90 Å². The molecule has 0 aromatic heterocycles. The summed E-state index contributed by atoms with van der Waals surface area (Å²) >= 11 is 0. The molecule has 3 N–H and O–H groups in total. The van der Waals surface area contributed by atoms with Gasteiger partial charge in [0.1, 0.15) is 11.7 Å². The van der Waals surface area contributed by atoms with Gasteiger partial charge in [0.15, 0.2) is 0 Å². The number of carbonyl (C=O) groups is 1. The molecule has 7 heteroatoms. The monoisotopic (exact) mass is 297 g/mol. The van der Waals surface area contributed by atoms with Crippen molar-refractivity contribution in [2.75, 3.05) is 26.8 Å². The Labute approximate surface area is 123 Å². The Kier molecular flexibility index (Phi) is 6.61. The van der Waals surface area contributed by atoms with Crippen LogP contribution in [0.2, 0.25) is 0 Å². The molecule has 6 nitrogen and oxygen atoms in total. The SMILES string of the molecule is COCCN(CCC(N)=NO)C(=O)c1ccc(F)c(C)c1. The summed E-state index contributed by atoms with van der Waals surface area (Å²) in [5, 5.41) is 11.4. The molecular formula is C14H20FN3O3. The zero-order valence-corrected chi connectivity index (χ0v) is 12.2. The summed E-state index contributed by atoms with van der Waals surface area (Å²) in [7, 11) is 1.54. The number of hydrogen-bond acceptors (Lipinski definition) is 4. The van der Waals surface area contributed by atoms with Crippen LogP contribution in [0.4, 0.5) is 4.39 Å². The lowest BCUT2D eigenvalue weighted by molar-refractivity contribution is 0.0700. The van der Waals surface area contributed by atoms with Crippen LogP contribution in [0, 0.1) is 12.7 Å². The first-order valence-corrected chi connectivity index (χ1v) is 6.50. The van der Waals surface area contributed by atoms with E-state index in [1.807, 2.05) is 0 Å². The number of amidine groups is 1. The van der Waals surface area contributed by atoms with Gasteiger partial charge in [0.05, 0.1) is 6.61 Å². The Bertz CT molecular complexity index is 520. The summed E-state index contributed by atoms with van der Waals surface area (Å²) in [5.74, 6) is -0.562. The fourth-order valence-corrected chi connectivity index (χ4v) is 1.78. The molecule has 116 valence electrons. The van der Waals surface area contributed by atoms with Gasteiger partial charge in [0, 0.05) is 32.2 Å². The van der Waals surface area contributed by atoms with Crippen LogP contribution < -0.4 is 5.73 Å². The van der Waals surface area contributed by atoms with Gasteiger partial charge in [-0.2, -0.15) is 0 Å². The van der Waals surface area contributed by atoms with Crippen LogP contribution in [0.15, 0.2) is 23.4 Å². The Balaban J connectivity index is 2.84. The minimum atomic E-state index is -0.355. The number of oxime groups is 1. The van der Waals surface area contributed by atoms with Crippen molar-refractivity contribution in [3.05, 3.63) is 35.1 Å². The van der Waals surface area contributed by atoms with Crippen molar-refractivity contribution in [2.45, 2.75) is 13.3 Å². The summed E-state index contributed by atoms with van der Waals surface area (Å²) in [6.07, 6.45) is 0.242. The van der Waals surface area contributed by atoms with Gasteiger partial charge in [-0.1, -0.05) is 5.16 Å². The second kappa shape index (κ2) is 8.21. The highest BCUT2D eigenvalue weighted by atomic mass is 19.1. The summed E-state index contributed by atoms with van der Waals surface area (Å²) in [6.45, 7) is 2.61. The first-order chi connectivity index (χ1) is 9.99. The van der Waals surface area contributed by atoms with Crippen molar-refractivity contribution < 1.29 is 19.1 Å². The third-order valence-electron chi connectivity index (χ3n) is 3.02. The Hall–Kier alpha value is -2.15. The molecular weight excluding hydrogens is 277 g/mol. The normalized spacial score (nSPS) is 11.5. The highest BCUT2D eigenvalue weighted by Crippen LogP contribution is 2.12. The van der Waals surface area contributed by atoms with E-state index in [9.17, 15) is 9.18 Å².